The summed E-state index contributed by atoms with van der Waals surface area (Å²) in [6.07, 6.45) is 1.26. The largest absolute Gasteiger partial charge is 0.379 e. The molecule has 6 rings (SSSR count). The fourth-order valence-corrected chi connectivity index (χ4v) is 7.02. The van der Waals surface area contributed by atoms with E-state index in [0.29, 0.717) is 102 Å². The highest BCUT2D eigenvalue weighted by atomic mass is 32.2. The van der Waals surface area contributed by atoms with E-state index in [2.05, 4.69) is 26.6 Å². The van der Waals surface area contributed by atoms with Gasteiger partial charge in [-0.15, -0.1) is 11.3 Å². The Kier molecular flexibility index (Phi) is 9.65. The predicted octanol–water partition coefficient (Wildman–Crippen LogP) is 1.55. The van der Waals surface area contributed by atoms with Crippen molar-refractivity contribution < 1.29 is 22.7 Å². The number of benzene rings is 1. The lowest BCUT2D eigenvalue weighted by atomic mass is 10.2. The van der Waals surface area contributed by atoms with E-state index < -0.39 is 10.0 Å². The molecule has 3 aliphatic heterocycles. The molecule has 0 unspecified atom stereocenters. The molecule has 16 heteroatoms. The van der Waals surface area contributed by atoms with E-state index in [0.717, 1.165) is 21.9 Å². The molecular weight excluding hydrogens is 607 g/mol. The first-order chi connectivity index (χ1) is 21.3. The molecule has 1 aromatic carbocycles. The summed E-state index contributed by atoms with van der Waals surface area (Å²) in [7, 11) is -3.16. The fraction of sp³-hybridized carbons (Fsp3) is 0.500. The van der Waals surface area contributed by atoms with Crippen molar-refractivity contribution in [3.63, 3.8) is 0 Å². The van der Waals surface area contributed by atoms with Crippen LogP contribution < -0.4 is 15.6 Å². The zero-order valence-corrected chi connectivity index (χ0v) is 26.3. The number of amides is 2. The second-order valence-electron chi connectivity index (χ2n) is 10.8. The molecule has 3 fully saturated rings. The van der Waals surface area contributed by atoms with Crippen molar-refractivity contribution >= 4 is 39.0 Å². The zero-order valence-electron chi connectivity index (χ0n) is 24.6. The summed E-state index contributed by atoms with van der Waals surface area (Å²) in [6.45, 7) is 8.21. The maximum Gasteiger partial charge on any atom is 0.333 e. The second-order valence-corrected chi connectivity index (χ2v) is 14.0. The normalized spacial score (nSPS) is 19.2. The third-order valence-corrected chi connectivity index (χ3v) is 10.0. The van der Waals surface area contributed by atoms with Crippen LogP contribution >= 0.6 is 11.3 Å². The molecule has 3 saturated heterocycles. The predicted molar refractivity (Wildman–Crippen MR) is 168 cm³/mol. The molecule has 44 heavy (non-hydrogen) atoms. The van der Waals surface area contributed by atoms with Gasteiger partial charge in [0.15, 0.2) is 11.6 Å². The Balaban J connectivity index is 1.17. The SMILES string of the molecule is CS(=O)(=O)N1CCN(Cc2ccc(-c3nc(-c4ccc(NC(=O)NN5CCOCC5)cc4)nc(N4CCOCC4)n3)s2)CC1. The second kappa shape index (κ2) is 13.8. The van der Waals surface area contributed by atoms with E-state index in [4.69, 9.17) is 24.4 Å². The van der Waals surface area contributed by atoms with E-state index in [1.165, 1.54) is 10.6 Å². The molecule has 0 aliphatic carbocycles. The molecule has 2 N–H and O–H groups in total. The topological polar surface area (TPSA) is 145 Å². The third kappa shape index (κ3) is 7.87. The molecule has 2 aromatic heterocycles. The maximum atomic E-state index is 12.5. The number of carbonyl (C=O) groups is 1. The van der Waals surface area contributed by atoms with Gasteiger partial charge in [0, 0.05) is 75.0 Å². The van der Waals surface area contributed by atoms with Gasteiger partial charge in [0.25, 0.3) is 0 Å². The number of anilines is 2. The number of carbonyl (C=O) groups excluding carboxylic acids is 1. The average Bonchev–Trinajstić information content (AvgIpc) is 3.50. The van der Waals surface area contributed by atoms with Gasteiger partial charge < -0.3 is 19.7 Å². The van der Waals surface area contributed by atoms with Crippen LogP contribution in [0.2, 0.25) is 0 Å². The number of morpholine rings is 2. The number of hydrazine groups is 1. The number of urea groups is 1. The molecule has 3 aromatic rings. The van der Waals surface area contributed by atoms with Crippen molar-refractivity contribution in [3.8, 4) is 22.1 Å². The summed E-state index contributed by atoms with van der Waals surface area (Å²) in [6, 6.07) is 11.3. The standard InChI is InChI=1S/C28H37N9O5S2/c1-44(39,40)37-10-8-34(9-11-37)20-23-6-7-24(43-23)26-30-25(31-27(32-26)35-12-16-41-17-13-35)21-2-4-22(5-3-21)29-28(38)33-36-14-18-42-19-15-36/h2-7H,8-20H2,1H3,(H2,29,33,38). The molecule has 5 heterocycles. The van der Waals surface area contributed by atoms with Gasteiger partial charge in [0.2, 0.25) is 16.0 Å². The molecule has 0 saturated carbocycles. The number of aromatic nitrogens is 3. The van der Waals surface area contributed by atoms with Crippen molar-refractivity contribution in [2.45, 2.75) is 6.54 Å². The van der Waals surface area contributed by atoms with E-state index in [9.17, 15) is 13.2 Å². The Bertz CT molecular complexity index is 1530. The minimum atomic E-state index is -3.16. The van der Waals surface area contributed by atoms with Gasteiger partial charge in [0.05, 0.1) is 37.6 Å². The van der Waals surface area contributed by atoms with Gasteiger partial charge in [-0.1, -0.05) is 0 Å². The number of hydrogen-bond donors (Lipinski definition) is 2. The van der Waals surface area contributed by atoms with Crippen LogP contribution in [0.3, 0.4) is 0 Å². The number of hydrogen-bond acceptors (Lipinski definition) is 12. The van der Waals surface area contributed by atoms with Gasteiger partial charge in [-0.05, 0) is 36.4 Å². The lowest BCUT2D eigenvalue weighted by molar-refractivity contribution is 0.0207. The molecule has 236 valence electrons. The first-order valence-electron chi connectivity index (χ1n) is 14.7. The molecule has 2 amide bonds. The zero-order chi connectivity index (χ0) is 30.5. The van der Waals surface area contributed by atoms with Crippen molar-refractivity contribution in [1.82, 2.24) is 34.6 Å². The number of piperazine rings is 1. The van der Waals surface area contributed by atoms with Gasteiger partial charge in [-0.3, -0.25) is 10.3 Å². The van der Waals surface area contributed by atoms with Crippen LogP contribution in [0.5, 0.6) is 0 Å². The summed E-state index contributed by atoms with van der Waals surface area (Å²) in [5.41, 5.74) is 4.31. The number of sulfonamides is 1. The van der Waals surface area contributed by atoms with Crippen LogP contribution in [0, 0.1) is 0 Å². The van der Waals surface area contributed by atoms with Crippen LogP contribution in [0.4, 0.5) is 16.4 Å². The van der Waals surface area contributed by atoms with Crippen molar-refractivity contribution in [2.75, 3.05) is 95.3 Å². The Morgan fingerprint density at radius 3 is 2.18 bits per heavy atom. The number of nitrogens with one attached hydrogen (secondary N) is 2. The number of rotatable bonds is 8. The average molecular weight is 644 g/mol. The molecule has 0 atom stereocenters. The van der Waals surface area contributed by atoms with Gasteiger partial charge in [-0.2, -0.15) is 14.3 Å². The first-order valence-corrected chi connectivity index (χ1v) is 17.3. The summed E-state index contributed by atoms with van der Waals surface area (Å²) in [4.78, 5) is 33.5. The van der Waals surface area contributed by atoms with Crippen LogP contribution in [0.1, 0.15) is 4.88 Å². The Hall–Kier alpha value is -3.25. The van der Waals surface area contributed by atoms with Crippen molar-refractivity contribution in [3.05, 3.63) is 41.3 Å². The molecule has 14 nitrogen and oxygen atoms in total. The Morgan fingerprint density at radius 1 is 0.841 bits per heavy atom. The minimum absolute atomic E-state index is 0.303. The summed E-state index contributed by atoms with van der Waals surface area (Å²) < 4.78 is 36.1. The van der Waals surface area contributed by atoms with Crippen molar-refractivity contribution in [2.24, 2.45) is 0 Å². The van der Waals surface area contributed by atoms with Gasteiger partial charge in [0.1, 0.15) is 0 Å². The summed E-state index contributed by atoms with van der Waals surface area (Å²) in [5.74, 6) is 1.75. The minimum Gasteiger partial charge on any atom is -0.379 e. The quantitative estimate of drug-likeness (QED) is 0.369. The van der Waals surface area contributed by atoms with E-state index >= 15 is 0 Å². The monoisotopic (exact) mass is 643 g/mol. The maximum absolute atomic E-state index is 12.5. The molecule has 0 spiro atoms. The van der Waals surface area contributed by atoms with Crippen molar-refractivity contribution in [1.29, 1.82) is 0 Å². The molecule has 0 radical (unpaired) electrons. The number of ether oxygens (including phenoxy) is 2. The van der Waals surface area contributed by atoms with Crippen LogP contribution in [0.15, 0.2) is 36.4 Å². The molecule has 0 bridgehead atoms. The number of nitrogens with zero attached hydrogens (tertiary/aromatic N) is 7. The van der Waals surface area contributed by atoms with E-state index in [1.54, 1.807) is 11.3 Å². The smallest absolute Gasteiger partial charge is 0.333 e. The highest BCUT2D eigenvalue weighted by Gasteiger charge is 2.24. The number of thiophene rings is 1. The highest BCUT2D eigenvalue weighted by Crippen LogP contribution is 2.30. The highest BCUT2D eigenvalue weighted by molar-refractivity contribution is 7.88. The Morgan fingerprint density at radius 2 is 1.50 bits per heavy atom. The fourth-order valence-electron chi connectivity index (χ4n) is 5.21. The first kappa shape index (κ1) is 30.8. The third-order valence-electron chi connectivity index (χ3n) is 7.65. The van der Waals surface area contributed by atoms with E-state index in [1.807, 2.05) is 35.3 Å². The van der Waals surface area contributed by atoms with Gasteiger partial charge in [-0.25, -0.2) is 23.2 Å². The van der Waals surface area contributed by atoms with Gasteiger partial charge >= 0.3 is 6.03 Å². The van der Waals surface area contributed by atoms with Crippen LogP contribution in [-0.4, -0.2) is 129 Å². The lowest BCUT2D eigenvalue weighted by Gasteiger charge is -2.32. The lowest BCUT2D eigenvalue weighted by Crippen LogP contribution is -2.49. The molecular formula is C28H37N9O5S2. The van der Waals surface area contributed by atoms with Crippen LogP contribution in [-0.2, 0) is 26.0 Å². The summed E-state index contributed by atoms with van der Waals surface area (Å²) >= 11 is 1.63. The van der Waals surface area contributed by atoms with Crippen LogP contribution in [0.25, 0.3) is 22.1 Å². The van der Waals surface area contributed by atoms with E-state index in [-0.39, 0.29) is 6.03 Å². The Labute approximate surface area is 261 Å². The summed E-state index contributed by atoms with van der Waals surface area (Å²) in [5, 5.41) is 4.71. The molecule has 3 aliphatic rings.